The Labute approximate surface area is 249 Å². The number of nitrogens with one attached hydrogen (secondary N) is 1. The molecule has 1 unspecified atom stereocenters. The van der Waals surface area contributed by atoms with Crippen LogP contribution in [0.2, 0.25) is 0 Å². The zero-order valence-corrected chi connectivity index (χ0v) is 25.8. The molecule has 0 bridgehead atoms. The van der Waals surface area contributed by atoms with Crippen LogP contribution in [0.15, 0.2) is 54.6 Å². The van der Waals surface area contributed by atoms with Crippen molar-refractivity contribution in [2.45, 2.75) is 76.9 Å². The van der Waals surface area contributed by atoms with Crippen LogP contribution in [0, 0.1) is 6.92 Å². The highest BCUT2D eigenvalue weighted by atomic mass is 32.8. The molecule has 2 aliphatic rings. The fourth-order valence-electron chi connectivity index (χ4n) is 5.66. The SMILES string of the molecule is Cc1cc2c(cc1OCc1cc(CO)cc(NC(=O)CCC(C)(C)S(C)=S)c1)CC[C@@H]1Cc3ccccc3N1C2=O. The molecular formula is C33H38N2O4S2. The first-order chi connectivity index (χ1) is 19.6. The number of hydrogen-bond acceptors (Lipinski definition) is 5. The standard InChI is InChI=1S/C33H38N2O4S2/c1-21-13-28-24(9-10-27-17-25-7-5-6-8-29(25)35(27)32(28)38)18-30(21)39-20-23-14-22(19-36)15-26(16-23)34-31(37)11-12-33(2,3)41(4)40/h5-8,13-16,18,27,36H,9-12,17,19-20H2,1-4H3,(H,34,37)/t27-,41?/m1/s1. The summed E-state index contributed by atoms with van der Waals surface area (Å²) in [7, 11) is -0.202. The lowest BCUT2D eigenvalue weighted by Gasteiger charge is -2.24. The lowest BCUT2D eigenvalue weighted by molar-refractivity contribution is -0.116. The van der Waals surface area contributed by atoms with E-state index in [1.165, 1.54) is 5.56 Å². The molecular weight excluding hydrogens is 553 g/mol. The Kier molecular flexibility index (Phi) is 8.64. The van der Waals surface area contributed by atoms with Gasteiger partial charge in [-0.05, 0) is 103 Å². The molecule has 216 valence electrons. The summed E-state index contributed by atoms with van der Waals surface area (Å²) in [5, 5.41) is 12.8. The van der Waals surface area contributed by atoms with Crippen molar-refractivity contribution in [3.63, 3.8) is 0 Å². The zero-order valence-electron chi connectivity index (χ0n) is 24.2. The number of rotatable bonds is 9. The molecule has 2 amide bonds. The van der Waals surface area contributed by atoms with Crippen LogP contribution in [-0.2, 0) is 51.5 Å². The number of aliphatic hydroxyl groups excluding tert-OH is 1. The van der Waals surface area contributed by atoms with E-state index in [2.05, 4.69) is 25.2 Å². The summed E-state index contributed by atoms with van der Waals surface area (Å²) in [6.45, 7) is 6.29. The van der Waals surface area contributed by atoms with Crippen molar-refractivity contribution < 1.29 is 19.4 Å². The Morgan fingerprint density at radius 1 is 1.15 bits per heavy atom. The van der Waals surface area contributed by atoms with Crippen LogP contribution in [0.4, 0.5) is 11.4 Å². The Morgan fingerprint density at radius 2 is 1.90 bits per heavy atom. The lowest BCUT2D eigenvalue weighted by atomic mass is 9.98. The van der Waals surface area contributed by atoms with E-state index in [9.17, 15) is 14.7 Å². The number of nitrogens with zero attached hydrogens (tertiary/aromatic N) is 1. The number of carbonyl (C=O) groups is 2. The molecule has 6 nitrogen and oxygen atoms in total. The van der Waals surface area contributed by atoms with E-state index in [1.54, 1.807) is 6.07 Å². The largest absolute Gasteiger partial charge is 0.489 e. The van der Waals surface area contributed by atoms with Crippen LogP contribution in [0.3, 0.4) is 0 Å². The van der Waals surface area contributed by atoms with Crippen LogP contribution in [0.25, 0.3) is 0 Å². The van der Waals surface area contributed by atoms with Crippen molar-refractivity contribution in [1.29, 1.82) is 0 Å². The summed E-state index contributed by atoms with van der Waals surface area (Å²) >= 11 is 5.44. The van der Waals surface area contributed by atoms with Gasteiger partial charge in [-0.1, -0.05) is 43.2 Å². The van der Waals surface area contributed by atoms with Gasteiger partial charge in [0.25, 0.3) is 5.91 Å². The molecule has 2 atom stereocenters. The fourth-order valence-corrected chi connectivity index (χ4v) is 6.30. The summed E-state index contributed by atoms with van der Waals surface area (Å²) in [5.74, 6) is 0.721. The first-order valence-corrected chi connectivity index (χ1v) is 16.7. The predicted molar refractivity (Wildman–Crippen MR) is 170 cm³/mol. The first kappa shape index (κ1) is 29.4. The molecule has 41 heavy (non-hydrogen) atoms. The number of benzene rings is 3. The molecule has 2 N–H and O–H groups in total. The number of fused-ring (bicyclic) bond motifs is 4. The van der Waals surface area contributed by atoms with Gasteiger partial charge in [-0.3, -0.25) is 9.59 Å². The number of ether oxygens (including phenoxy) is 1. The van der Waals surface area contributed by atoms with Crippen molar-refractivity contribution in [3.8, 4) is 5.75 Å². The molecule has 8 heteroatoms. The molecule has 0 spiro atoms. The van der Waals surface area contributed by atoms with Crippen molar-refractivity contribution >= 4 is 43.8 Å². The number of amides is 2. The second kappa shape index (κ2) is 12.0. The van der Waals surface area contributed by atoms with E-state index in [-0.39, 0.29) is 45.3 Å². The third kappa shape index (κ3) is 6.40. The van der Waals surface area contributed by atoms with Gasteiger partial charge in [0, 0.05) is 34.1 Å². The zero-order chi connectivity index (χ0) is 29.3. The number of hydrogen-bond donors (Lipinski definition) is 2. The molecule has 2 aliphatic heterocycles. The molecule has 0 aromatic heterocycles. The average molecular weight is 591 g/mol. The summed E-state index contributed by atoms with van der Waals surface area (Å²) < 4.78 is 6.19. The van der Waals surface area contributed by atoms with E-state index < -0.39 is 0 Å². The Hall–Kier alpha value is -3.07. The van der Waals surface area contributed by atoms with Crippen LogP contribution in [0.5, 0.6) is 5.75 Å². The van der Waals surface area contributed by atoms with E-state index in [4.69, 9.17) is 15.9 Å². The van der Waals surface area contributed by atoms with Gasteiger partial charge in [-0.15, -0.1) is 9.45 Å². The van der Waals surface area contributed by atoms with Gasteiger partial charge >= 0.3 is 0 Å². The first-order valence-electron chi connectivity index (χ1n) is 14.1. The average Bonchev–Trinajstić information content (AvgIpc) is 3.26. The van der Waals surface area contributed by atoms with Gasteiger partial charge in [0.15, 0.2) is 0 Å². The Balaban J connectivity index is 1.30. The topological polar surface area (TPSA) is 78.9 Å². The quantitative estimate of drug-likeness (QED) is 0.330. The van der Waals surface area contributed by atoms with Crippen LogP contribution in [-0.4, -0.2) is 34.0 Å². The Morgan fingerprint density at radius 3 is 2.66 bits per heavy atom. The maximum Gasteiger partial charge on any atom is 0.258 e. The maximum atomic E-state index is 13.7. The van der Waals surface area contributed by atoms with Gasteiger partial charge < -0.3 is 20.1 Å². The summed E-state index contributed by atoms with van der Waals surface area (Å²) in [6, 6.07) is 17.9. The van der Waals surface area contributed by atoms with Gasteiger partial charge in [0.05, 0.1) is 6.61 Å². The molecule has 3 aromatic rings. The number of anilines is 2. The highest BCUT2D eigenvalue weighted by Gasteiger charge is 2.37. The third-order valence-electron chi connectivity index (χ3n) is 8.31. The summed E-state index contributed by atoms with van der Waals surface area (Å²) in [6.07, 6.45) is 5.72. The van der Waals surface area contributed by atoms with Gasteiger partial charge in [-0.25, -0.2) is 0 Å². The molecule has 0 aliphatic carbocycles. The molecule has 3 aromatic carbocycles. The maximum absolute atomic E-state index is 13.7. The monoisotopic (exact) mass is 590 g/mol. The summed E-state index contributed by atoms with van der Waals surface area (Å²) in [5.41, 5.74) is 7.10. The number of aryl methyl sites for hydroxylation is 2. The minimum atomic E-state index is -0.202. The molecule has 0 radical (unpaired) electrons. The smallest absolute Gasteiger partial charge is 0.258 e. The van der Waals surface area contributed by atoms with Gasteiger partial charge in [0.2, 0.25) is 5.91 Å². The fraction of sp³-hybridized carbons (Fsp3) is 0.394. The van der Waals surface area contributed by atoms with Crippen molar-refractivity contribution in [1.82, 2.24) is 0 Å². The van der Waals surface area contributed by atoms with Crippen molar-refractivity contribution in [3.05, 3.63) is 88.0 Å². The van der Waals surface area contributed by atoms with E-state index >= 15 is 0 Å². The minimum absolute atomic E-state index is 0.0594. The van der Waals surface area contributed by atoms with Gasteiger partial charge in [-0.2, -0.15) is 0 Å². The minimum Gasteiger partial charge on any atom is -0.489 e. The lowest BCUT2D eigenvalue weighted by Crippen LogP contribution is -2.36. The van der Waals surface area contributed by atoms with Crippen molar-refractivity contribution in [2.24, 2.45) is 0 Å². The van der Waals surface area contributed by atoms with Crippen LogP contribution >= 0.6 is 0 Å². The number of para-hydroxylation sites is 1. The number of carbonyl (C=O) groups excluding carboxylic acids is 2. The van der Waals surface area contributed by atoms with E-state index in [0.29, 0.717) is 24.1 Å². The molecule has 0 fully saturated rings. The van der Waals surface area contributed by atoms with E-state index in [1.807, 2.05) is 60.5 Å². The second-order valence-electron chi connectivity index (χ2n) is 11.7. The van der Waals surface area contributed by atoms with Crippen LogP contribution in [0.1, 0.15) is 71.3 Å². The van der Waals surface area contributed by atoms with Crippen LogP contribution < -0.4 is 15.0 Å². The number of aliphatic hydroxyl groups is 1. The Bertz CT molecular complexity index is 1520. The third-order valence-corrected chi connectivity index (χ3v) is 11.4. The predicted octanol–water partition coefficient (Wildman–Crippen LogP) is 5.79. The highest BCUT2D eigenvalue weighted by Crippen LogP contribution is 2.39. The van der Waals surface area contributed by atoms with Crippen molar-refractivity contribution in [2.75, 3.05) is 16.5 Å². The summed E-state index contributed by atoms with van der Waals surface area (Å²) in [4.78, 5) is 28.3. The molecule has 0 saturated heterocycles. The van der Waals surface area contributed by atoms with Gasteiger partial charge in [0.1, 0.15) is 12.4 Å². The molecule has 2 heterocycles. The molecule has 5 rings (SSSR count). The molecule has 0 saturated carbocycles. The second-order valence-corrected chi connectivity index (χ2v) is 15.2. The van der Waals surface area contributed by atoms with E-state index in [0.717, 1.165) is 53.0 Å². The highest BCUT2D eigenvalue weighted by molar-refractivity contribution is 8.29. The normalized spacial score (nSPS) is 16.9.